The standard InChI is InChI=1S/C15H16O3S2/c16-11-6-12-20(17,18)15-10-5-4-9-14(15)19-13-7-2-1-3-8-13/h1-5,7-10,16H,6,11-12H2. The van der Waals surface area contributed by atoms with E-state index in [4.69, 9.17) is 5.11 Å². The Hall–Kier alpha value is -1.30. The van der Waals surface area contributed by atoms with Gasteiger partial charge in [-0.1, -0.05) is 42.1 Å². The molecule has 0 amide bonds. The fraction of sp³-hybridized carbons (Fsp3) is 0.200. The molecule has 0 unspecified atom stereocenters. The van der Waals surface area contributed by atoms with Crippen molar-refractivity contribution in [1.82, 2.24) is 0 Å². The molecular formula is C15H16O3S2. The van der Waals surface area contributed by atoms with Crippen LogP contribution >= 0.6 is 11.8 Å². The lowest BCUT2D eigenvalue weighted by atomic mass is 10.4. The minimum Gasteiger partial charge on any atom is -0.396 e. The minimum atomic E-state index is -3.35. The average molecular weight is 308 g/mol. The molecule has 2 aromatic rings. The molecule has 0 radical (unpaired) electrons. The van der Waals surface area contributed by atoms with Gasteiger partial charge < -0.3 is 5.11 Å². The van der Waals surface area contributed by atoms with Crippen molar-refractivity contribution in [3.8, 4) is 0 Å². The summed E-state index contributed by atoms with van der Waals surface area (Å²) >= 11 is 1.43. The predicted molar refractivity (Wildman–Crippen MR) is 80.8 cm³/mol. The minimum absolute atomic E-state index is 0.0319. The summed E-state index contributed by atoms with van der Waals surface area (Å²) in [5.41, 5.74) is 0. The Morgan fingerprint density at radius 2 is 1.60 bits per heavy atom. The number of aliphatic hydroxyl groups excluding tert-OH is 1. The fourth-order valence-corrected chi connectivity index (χ4v) is 4.53. The highest BCUT2D eigenvalue weighted by Gasteiger charge is 2.18. The molecule has 0 fully saturated rings. The number of hydrogen-bond acceptors (Lipinski definition) is 4. The molecule has 0 bridgehead atoms. The zero-order valence-electron chi connectivity index (χ0n) is 10.9. The van der Waals surface area contributed by atoms with E-state index >= 15 is 0 Å². The highest BCUT2D eigenvalue weighted by atomic mass is 32.2. The number of hydrogen-bond donors (Lipinski definition) is 1. The molecule has 106 valence electrons. The summed E-state index contributed by atoms with van der Waals surface area (Å²) < 4.78 is 24.6. The summed E-state index contributed by atoms with van der Waals surface area (Å²) in [6.45, 7) is -0.118. The maximum atomic E-state index is 12.3. The molecule has 0 aliphatic rings. The molecule has 0 saturated carbocycles. The van der Waals surface area contributed by atoms with Crippen molar-refractivity contribution in [3.63, 3.8) is 0 Å². The van der Waals surface area contributed by atoms with Crippen LogP contribution in [-0.4, -0.2) is 25.9 Å². The first-order valence-electron chi connectivity index (χ1n) is 6.29. The van der Waals surface area contributed by atoms with Crippen molar-refractivity contribution in [3.05, 3.63) is 54.6 Å². The van der Waals surface area contributed by atoms with Gasteiger partial charge in [-0.25, -0.2) is 8.42 Å². The van der Waals surface area contributed by atoms with Gasteiger partial charge in [-0.05, 0) is 30.7 Å². The highest BCUT2D eigenvalue weighted by molar-refractivity contribution is 8.00. The fourth-order valence-electron chi connectivity index (χ4n) is 1.77. The molecule has 3 nitrogen and oxygen atoms in total. The third-order valence-corrected chi connectivity index (χ3v) is 5.79. The Morgan fingerprint density at radius 3 is 2.30 bits per heavy atom. The van der Waals surface area contributed by atoms with Gasteiger partial charge in [0.15, 0.2) is 9.84 Å². The molecule has 0 atom stereocenters. The van der Waals surface area contributed by atoms with Gasteiger partial charge >= 0.3 is 0 Å². The summed E-state index contributed by atoms with van der Waals surface area (Å²) in [6, 6.07) is 16.6. The second-order valence-corrected chi connectivity index (χ2v) is 7.45. The number of rotatable bonds is 6. The Balaban J connectivity index is 2.31. The van der Waals surface area contributed by atoms with E-state index < -0.39 is 9.84 Å². The lowest BCUT2D eigenvalue weighted by Crippen LogP contribution is -2.09. The van der Waals surface area contributed by atoms with Crippen molar-refractivity contribution in [2.75, 3.05) is 12.4 Å². The largest absolute Gasteiger partial charge is 0.396 e. The zero-order valence-corrected chi connectivity index (χ0v) is 12.5. The molecule has 20 heavy (non-hydrogen) atoms. The third-order valence-electron chi connectivity index (χ3n) is 2.73. The molecule has 0 aliphatic heterocycles. The maximum Gasteiger partial charge on any atom is 0.179 e. The molecule has 0 aliphatic carbocycles. The third kappa shape index (κ3) is 3.85. The van der Waals surface area contributed by atoms with E-state index in [-0.39, 0.29) is 18.8 Å². The predicted octanol–water partition coefficient (Wildman–Crippen LogP) is 2.99. The van der Waals surface area contributed by atoms with E-state index in [1.807, 2.05) is 42.5 Å². The van der Waals surface area contributed by atoms with Gasteiger partial charge in [-0.15, -0.1) is 0 Å². The first-order chi connectivity index (χ1) is 9.63. The Bertz CT molecular complexity index is 652. The number of benzene rings is 2. The monoisotopic (exact) mass is 308 g/mol. The first kappa shape index (κ1) is 15.1. The molecule has 0 aromatic heterocycles. The van der Waals surface area contributed by atoms with Crippen molar-refractivity contribution in [1.29, 1.82) is 0 Å². The van der Waals surface area contributed by atoms with Crippen LogP contribution in [0.25, 0.3) is 0 Å². The maximum absolute atomic E-state index is 12.3. The van der Waals surface area contributed by atoms with Crippen LogP contribution in [0.3, 0.4) is 0 Å². The molecule has 1 N–H and O–H groups in total. The van der Waals surface area contributed by atoms with Crippen molar-refractivity contribution in [2.24, 2.45) is 0 Å². The van der Waals surface area contributed by atoms with Gasteiger partial charge in [-0.2, -0.15) is 0 Å². The van der Waals surface area contributed by atoms with Crippen LogP contribution in [-0.2, 0) is 9.84 Å². The summed E-state index contributed by atoms with van der Waals surface area (Å²) in [6.07, 6.45) is 0.257. The zero-order chi connectivity index (χ0) is 14.4. The molecule has 2 rings (SSSR count). The molecule has 0 saturated heterocycles. The van der Waals surface area contributed by atoms with E-state index in [9.17, 15) is 8.42 Å². The second-order valence-electron chi connectivity index (χ2n) is 4.26. The smallest absolute Gasteiger partial charge is 0.179 e. The quantitative estimate of drug-likeness (QED) is 0.891. The normalized spacial score (nSPS) is 11.4. The van der Waals surface area contributed by atoms with Gasteiger partial charge in [0.2, 0.25) is 0 Å². The number of sulfone groups is 1. The van der Waals surface area contributed by atoms with Gasteiger partial charge in [0, 0.05) is 16.4 Å². The van der Waals surface area contributed by atoms with Crippen LogP contribution in [0, 0.1) is 0 Å². The molecule has 2 aromatic carbocycles. The van der Waals surface area contributed by atoms with Crippen molar-refractivity contribution >= 4 is 21.6 Å². The van der Waals surface area contributed by atoms with Crippen LogP contribution in [0.2, 0.25) is 0 Å². The molecule has 0 spiro atoms. The van der Waals surface area contributed by atoms with Gasteiger partial charge in [-0.3, -0.25) is 0 Å². The van der Waals surface area contributed by atoms with Crippen LogP contribution in [0.1, 0.15) is 6.42 Å². The van der Waals surface area contributed by atoms with Crippen molar-refractivity contribution < 1.29 is 13.5 Å². The molecule has 0 heterocycles. The average Bonchev–Trinajstić information content (AvgIpc) is 2.47. The Morgan fingerprint density at radius 1 is 0.950 bits per heavy atom. The summed E-state index contributed by atoms with van der Waals surface area (Å²) in [5.74, 6) is -0.0319. The van der Waals surface area contributed by atoms with Gasteiger partial charge in [0.25, 0.3) is 0 Å². The van der Waals surface area contributed by atoms with Crippen LogP contribution in [0.5, 0.6) is 0 Å². The van der Waals surface area contributed by atoms with E-state index in [1.165, 1.54) is 11.8 Å². The summed E-state index contributed by atoms with van der Waals surface area (Å²) in [4.78, 5) is 2.05. The first-order valence-corrected chi connectivity index (χ1v) is 8.76. The van der Waals surface area contributed by atoms with E-state index in [1.54, 1.807) is 12.1 Å². The van der Waals surface area contributed by atoms with Crippen LogP contribution in [0.4, 0.5) is 0 Å². The van der Waals surface area contributed by atoms with Gasteiger partial charge in [0.1, 0.15) is 0 Å². The van der Waals surface area contributed by atoms with E-state index in [0.29, 0.717) is 4.90 Å². The topological polar surface area (TPSA) is 54.4 Å². The Labute approximate surface area is 123 Å². The Kier molecular flexibility index (Phi) is 5.23. The molecule has 5 heteroatoms. The summed E-state index contributed by atoms with van der Waals surface area (Å²) in [7, 11) is -3.35. The van der Waals surface area contributed by atoms with Crippen LogP contribution < -0.4 is 0 Å². The van der Waals surface area contributed by atoms with E-state index in [2.05, 4.69) is 0 Å². The molecular weight excluding hydrogens is 292 g/mol. The summed E-state index contributed by atoms with van der Waals surface area (Å²) in [5, 5.41) is 8.81. The lowest BCUT2D eigenvalue weighted by Gasteiger charge is -2.09. The highest BCUT2D eigenvalue weighted by Crippen LogP contribution is 2.33. The van der Waals surface area contributed by atoms with E-state index in [0.717, 1.165) is 9.79 Å². The SMILES string of the molecule is O=S(=O)(CCCO)c1ccccc1Sc1ccccc1. The van der Waals surface area contributed by atoms with Gasteiger partial charge in [0.05, 0.1) is 10.6 Å². The lowest BCUT2D eigenvalue weighted by molar-refractivity contribution is 0.295. The van der Waals surface area contributed by atoms with Crippen LogP contribution in [0.15, 0.2) is 69.3 Å². The second kappa shape index (κ2) is 6.92. The number of aliphatic hydroxyl groups is 1. The van der Waals surface area contributed by atoms with Crippen molar-refractivity contribution in [2.45, 2.75) is 21.1 Å².